The van der Waals surface area contributed by atoms with E-state index in [9.17, 15) is 22.8 Å². The van der Waals surface area contributed by atoms with E-state index in [0.29, 0.717) is 0 Å². The number of rotatable bonds is 2. The average molecular weight is 296 g/mol. The fourth-order valence-electron chi connectivity index (χ4n) is 1.98. The molecule has 0 saturated carbocycles. The Morgan fingerprint density at radius 2 is 1.90 bits per heavy atom. The topological polar surface area (TPSA) is 76.0 Å². The molecular formula is C14H11F3N2O2. The SMILES string of the molecule is Cc1cccc(-c2cc(C(N)=O)c(=O)[nH]c2C(F)(F)F)c1. The van der Waals surface area contributed by atoms with Crippen LogP contribution in [-0.4, -0.2) is 10.9 Å². The van der Waals surface area contributed by atoms with Gasteiger partial charge in [-0.05, 0) is 18.6 Å². The molecule has 0 unspecified atom stereocenters. The molecule has 0 radical (unpaired) electrons. The number of aromatic amines is 1. The monoisotopic (exact) mass is 296 g/mol. The van der Waals surface area contributed by atoms with Gasteiger partial charge in [-0.2, -0.15) is 13.2 Å². The second-order valence-electron chi connectivity index (χ2n) is 4.53. The predicted octanol–water partition coefficient (Wildman–Crippen LogP) is 2.47. The van der Waals surface area contributed by atoms with Gasteiger partial charge in [0.25, 0.3) is 11.5 Å². The highest BCUT2D eigenvalue weighted by molar-refractivity contribution is 5.93. The molecule has 1 heterocycles. The minimum atomic E-state index is -4.76. The van der Waals surface area contributed by atoms with E-state index < -0.39 is 28.9 Å². The number of carbonyl (C=O) groups is 1. The normalized spacial score (nSPS) is 11.4. The largest absolute Gasteiger partial charge is 0.431 e. The number of benzene rings is 1. The molecule has 0 spiro atoms. The van der Waals surface area contributed by atoms with Gasteiger partial charge in [-0.1, -0.05) is 29.8 Å². The third-order valence-corrected chi connectivity index (χ3v) is 2.92. The van der Waals surface area contributed by atoms with Gasteiger partial charge in [-0.25, -0.2) is 0 Å². The maximum Gasteiger partial charge on any atom is 0.431 e. The number of aryl methyl sites for hydroxylation is 1. The van der Waals surface area contributed by atoms with Crippen LogP contribution in [0.15, 0.2) is 35.1 Å². The van der Waals surface area contributed by atoms with Crippen molar-refractivity contribution in [3.63, 3.8) is 0 Å². The van der Waals surface area contributed by atoms with Gasteiger partial charge in [-0.3, -0.25) is 9.59 Å². The molecule has 0 bridgehead atoms. The number of halogens is 3. The van der Waals surface area contributed by atoms with Crippen molar-refractivity contribution in [1.29, 1.82) is 0 Å². The number of nitrogens with one attached hydrogen (secondary N) is 1. The molecule has 1 amide bonds. The number of nitrogens with two attached hydrogens (primary N) is 1. The molecule has 3 N–H and O–H groups in total. The standard InChI is InChI=1S/C14H11F3N2O2/c1-7-3-2-4-8(5-7)9-6-10(12(18)20)13(21)19-11(9)14(15,16)17/h2-6H,1H3,(H2,18,20)(H,19,21). The van der Waals surface area contributed by atoms with Crippen molar-refractivity contribution in [2.45, 2.75) is 13.1 Å². The summed E-state index contributed by atoms with van der Waals surface area (Å²) in [4.78, 5) is 24.4. The first-order valence-corrected chi connectivity index (χ1v) is 5.91. The van der Waals surface area contributed by atoms with Gasteiger partial charge in [0.1, 0.15) is 11.3 Å². The minimum Gasteiger partial charge on any atom is -0.365 e. The lowest BCUT2D eigenvalue weighted by Crippen LogP contribution is -2.27. The molecule has 0 saturated heterocycles. The highest BCUT2D eigenvalue weighted by atomic mass is 19.4. The van der Waals surface area contributed by atoms with E-state index in [2.05, 4.69) is 0 Å². The van der Waals surface area contributed by atoms with Crippen LogP contribution in [0.1, 0.15) is 21.6 Å². The zero-order valence-electron chi connectivity index (χ0n) is 10.9. The predicted molar refractivity (Wildman–Crippen MR) is 70.8 cm³/mol. The van der Waals surface area contributed by atoms with E-state index >= 15 is 0 Å². The van der Waals surface area contributed by atoms with Crippen LogP contribution in [0, 0.1) is 6.92 Å². The van der Waals surface area contributed by atoms with Gasteiger partial charge in [0.2, 0.25) is 0 Å². The van der Waals surface area contributed by atoms with Crippen molar-refractivity contribution in [3.8, 4) is 11.1 Å². The highest BCUT2D eigenvalue weighted by Gasteiger charge is 2.36. The summed E-state index contributed by atoms with van der Waals surface area (Å²) in [6, 6.07) is 7.16. The summed E-state index contributed by atoms with van der Waals surface area (Å²) in [5, 5.41) is 0. The fourth-order valence-corrected chi connectivity index (χ4v) is 1.98. The number of aromatic nitrogens is 1. The van der Waals surface area contributed by atoms with Crippen molar-refractivity contribution in [3.05, 3.63) is 57.5 Å². The van der Waals surface area contributed by atoms with Crippen LogP contribution in [-0.2, 0) is 6.18 Å². The summed E-state index contributed by atoms with van der Waals surface area (Å²) >= 11 is 0. The Labute approximate surface area is 117 Å². The number of primary amides is 1. The Balaban J connectivity index is 2.81. The summed E-state index contributed by atoms with van der Waals surface area (Å²) < 4.78 is 39.2. The van der Waals surface area contributed by atoms with Crippen LogP contribution in [0.2, 0.25) is 0 Å². The van der Waals surface area contributed by atoms with Crippen molar-refractivity contribution in [1.82, 2.24) is 4.98 Å². The first-order chi connectivity index (χ1) is 9.70. The van der Waals surface area contributed by atoms with Crippen LogP contribution in [0.3, 0.4) is 0 Å². The lowest BCUT2D eigenvalue weighted by molar-refractivity contribution is -0.140. The van der Waals surface area contributed by atoms with E-state index in [1.165, 1.54) is 12.1 Å². The Morgan fingerprint density at radius 3 is 2.43 bits per heavy atom. The van der Waals surface area contributed by atoms with Crippen molar-refractivity contribution in [2.75, 3.05) is 0 Å². The molecule has 4 nitrogen and oxygen atoms in total. The number of pyridine rings is 1. The molecular weight excluding hydrogens is 285 g/mol. The smallest absolute Gasteiger partial charge is 0.365 e. The third-order valence-electron chi connectivity index (χ3n) is 2.92. The van der Waals surface area contributed by atoms with E-state index in [-0.39, 0.29) is 11.1 Å². The zero-order chi connectivity index (χ0) is 15.8. The van der Waals surface area contributed by atoms with E-state index in [0.717, 1.165) is 11.6 Å². The number of alkyl halides is 3. The van der Waals surface area contributed by atoms with E-state index in [1.54, 1.807) is 24.0 Å². The molecule has 1 aromatic heterocycles. The number of amides is 1. The van der Waals surface area contributed by atoms with Gasteiger partial charge >= 0.3 is 6.18 Å². The van der Waals surface area contributed by atoms with Crippen molar-refractivity contribution >= 4 is 5.91 Å². The molecule has 1 aromatic carbocycles. The molecule has 0 fully saturated rings. The van der Waals surface area contributed by atoms with E-state index in [4.69, 9.17) is 5.73 Å². The Kier molecular flexibility index (Phi) is 3.59. The van der Waals surface area contributed by atoms with Gasteiger partial charge in [0.05, 0.1) is 0 Å². The molecule has 0 aliphatic rings. The average Bonchev–Trinajstić information content (AvgIpc) is 2.36. The summed E-state index contributed by atoms with van der Waals surface area (Å²) in [7, 11) is 0. The molecule has 0 aliphatic heterocycles. The molecule has 2 aromatic rings. The van der Waals surface area contributed by atoms with Crippen LogP contribution in [0.5, 0.6) is 0 Å². The second kappa shape index (κ2) is 5.08. The zero-order valence-corrected chi connectivity index (χ0v) is 10.9. The van der Waals surface area contributed by atoms with Gasteiger partial charge in [-0.15, -0.1) is 0 Å². The summed E-state index contributed by atoms with van der Waals surface area (Å²) in [5.41, 5.74) is 2.82. The minimum absolute atomic E-state index is 0.237. The summed E-state index contributed by atoms with van der Waals surface area (Å²) in [5.74, 6) is -1.08. The molecule has 2 rings (SSSR count). The van der Waals surface area contributed by atoms with Crippen LogP contribution in [0.4, 0.5) is 13.2 Å². The van der Waals surface area contributed by atoms with Crippen LogP contribution >= 0.6 is 0 Å². The Bertz CT molecular complexity index is 764. The second-order valence-corrected chi connectivity index (χ2v) is 4.53. The summed E-state index contributed by atoms with van der Waals surface area (Å²) in [6.07, 6.45) is -4.76. The lowest BCUT2D eigenvalue weighted by Gasteiger charge is -2.14. The Hall–Kier alpha value is -2.57. The number of H-pyrrole nitrogens is 1. The first kappa shape index (κ1) is 14.8. The number of hydrogen-bond donors (Lipinski definition) is 2. The van der Waals surface area contributed by atoms with Gasteiger partial charge in [0.15, 0.2) is 0 Å². The third kappa shape index (κ3) is 2.96. The van der Waals surface area contributed by atoms with Gasteiger partial charge < -0.3 is 10.7 Å². The lowest BCUT2D eigenvalue weighted by atomic mass is 10.00. The van der Waals surface area contributed by atoms with Crippen LogP contribution in [0.25, 0.3) is 11.1 Å². The molecule has 0 atom stereocenters. The van der Waals surface area contributed by atoms with Crippen molar-refractivity contribution < 1.29 is 18.0 Å². The van der Waals surface area contributed by atoms with Gasteiger partial charge in [0, 0.05) is 5.56 Å². The number of carbonyl (C=O) groups excluding carboxylic acids is 1. The van der Waals surface area contributed by atoms with Crippen molar-refractivity contribution in [2.24, 2.45) is 5.73 Å². The fraction of sp³-hybridized carbons (Fsp3) is 0.143. The maximum atomic E-state index is 13.1. The van der Waals surface area contributed by atoms with Crippen LogP contribution < -0.4 is 11.3 Å². The number of hydrogen-bond acceptors (Lipinski definition) is 2. The highest BCUT2D eigenvalue weighted by Crippen LogP contribution is 2.35. The molecule has 0 aliphatic carbocycles. The van der Waals surface area contributed by atoms with E-state index in [1.807, 2.05) is 0 Å². The molecule has 21 heavy (non-hydrogen) atoms. The Morgan fingerprint density at radius 1 is 1.24 bits per heavy atom. The quantitative estimate of drug-likeness (QED) is 0.893. The first-order valence-electron chi connectivity index (χ1n) is 5.91. The molecule has 7 heteroatoms. The maximum absolute atomic E-state index is 13.1. The summed E-state index contributed by atoms with van der Waals surface area (Å²) in [6.45, 7) is 1.72. The molecule has 110 valence electrons.